The zero-order valence-electron chi connectivity index (χ0n) is 13.4. The second-order valence-corrected chi connectivity index (χ2v) is 5.21. The number of ether oxygens (including phenoxy) is 3. The maximum absolute atomic E-state index is 11.4. The van der Waals surface area contributed by atoms with Gasteiger partial charge < -0.3 is 40.0 Å². The summed E-state index contributed by atoms with van der Waals surface area (Å²) < 4.78 is 15.5. The summed E-state index contributed by atoms with van der Waals surface area (Å²) in [5.74, 6) is -2.35. The van der Waals surface area contributed by atoms with E-state index in [1.807, 2.05) is 0 Å². The molecule has 0 unspecified atom stereocenters. The average Bonchev–Trinajstić information content (AvgIpc) is 2.54. The summed E-state index contributed by atoms with van der Waals surface area (Å²) in [4.78, 5) is 22.6. The van der Waals surface area contributed by atoms with Crippen molar-refractivity contribution in [2.45, 2.75) is 37.4 Å². The lowest BCUT2D eigenvalue weighted by atomic mass is 9.93. The minimum absolute atomic E-state index is 0.103. The predicted molar refractivity (Wildman–Crippen MR) is 78.9 cm³/mol. The van der Waals surface area contributed by atoms with Crippen molar-refractivity contribution in [3.63, 3.8) is 0 Å². The Morgan fingerprint density at radius 1 is 1.38 bits per heavy atom. The summed E-state index contributed by atoms with van der Waals surface area (Å²) in [6, 6.07) is -0.973. The van der Waals surface area contributed by atoms with E-state index >= 15 is 0 Å². The van der Waals surface area contributed by atoms with E-state index in [0.717, 1.165) is 6.08 Å². The molecule has 0 bridgehead atoms. The second kappa shape index (κ2) is 9.55. The highest BCUT2D eigenvalue weighted by molar-refractivity contribution is 5.84. The van der Waals surface area contributed by atoms with Crippen molar-refractivity contribution >= 4 is 11.9 Å². The predicted octanol–water partition coefficient (Wildman–Crippen LogP) is -2.40. The number of rotatable bonds is 9. The molecule has 138 valence electrons. The summed E-state index contributed by atoms with van der Waals surface area (Å²) in [6.45, 7) is 0.794. The van der Waals surface area contributed by atoms with Crippen LogP contribution in [0.2, 0.25) is 0 Å². The molecule has 5 N–H and O–H groups in total. The van der Waals surface area contributed by atoms with Gasteiger partial charge in [0.05, 0.1) is 25.9 Å². The van der Waals surface area contributed by atoms with Crippen LogP contribution in [0.25, 0.3) is 0 Å². The molecule has 5 atom stereocenters. The molecule has 0 radical (unpaired) electrons. The summed E-state index contributed by atoms with van der Waals surface area (Å²) in [6.07, 6.45) is -4.34. The number of aliphatic hydroxyl groups excluding tert-OH is 3. The summed E-state index contributed by atoms with van der Waals surface area (Å²) in [5, 5.41) is 40.4. The highest BCUT2D eigenvalue weighted by Crippen LogP contribution is 2.24. The molecule has 0 aromatic carbocycles. The SMILES string of the molecule is COCCO[C@H]1C=C(C(=O)O)O[C@@H]([C@H](O)[C@H](O)CO)[C@@H]1NC(C)=O. The topological polar surface area (TPSA) is 155 Å². The monoisotopic (exact) mass is 349 g/mol. The van der Waals surface area contributed by atoms with E-state index in [1.54, 1.807) is 0 Å². The number of carboxylic acid groups (broad SMARTS) is 1. The zero-order chi connectivity index (χ0) is 18.3. The minimum Gasteiger partial charge on any atom is -0.478 e. The van der Waals surface area contributed by atoms with Gasteiger partial charge in [0.2, 0.25) is 11.7 Å². The Bertz CT molecular complexity index is 467. The van der Waals surface area contributed by atoms with Crippen molar-refractivity contribution in [3.8, 4) is 0 Å². The Kier molecular flexibility index (Phi) is 8.08. The highest BCUT2D eigenvalue weighted by Gasteiger charge is 2.44. The molecule has 0 saturated carbocycles. The summed E-state index contributed by atoms with van der Waals surface area (Å²) in [5.41, 5.74) is 0. The molecule has 10 nitrogen and oxygen atoms in total. The number of carbonyl (C=O) groups is 2. The van der Waals surface area contributed by atoms with Gasteiger partial charge in [0.15, 0.2) is 6.10 Å². The molecular formula is C14H23NO9. The smallest absolute Gasteiger partial charge is 0.370 e. The largest absolute Gasteiger partial charge is 0.478 e. The summed E-state index contributed by atoms with van der Waals surface area (Å²) in [7, 11) is 1.46. The number of aliphatic carboxylic acids is 1. The lowest BCUT2D eigenvalue weighted by Gasteiger charge is -2.39. The van der Waals surface area contributed by atoms with E-state index in [1.165, 1.54) is 14.0 Å². The van der Waals surface area contributed by atoms with Gasteiger partial charge in [-0.05, 0) is 6.08 Å². The first-order valence-electron chi connectivity index (χ1n) is 7.28. The Hall–Kier alpha value is -1.72. The quantitative estimate of drug-likeness (QED) is 0.287. The van der Waals surface area contributed by atoms with Crippen molar-refractivity contribution in [3.05, 3.63) is 11.8 Å². The van der Waals surface area contributed by atoms with E-state index in [-0.39, 0.29) is 13.2 Å². The van der Waals surface area contributed by atoms with Crippen LogP contribution < -0.4 is 5.32 Å². The van der Waals surface area contributed by atoms with Crippen molar-refractivity contribution in [2.75, 3.05) is 26.9 Å². The Morgan fingerprint density at radius 3 is 2.54 bits per heavy atom. The van der Waals surface area contributed by atoms with Crippen molar-refractivity contribution < 1.29 is 44.2 Å². The van der Waals surface area contributed by atoms with Gasteiger partial charge in [-0.15, -0.1) is 0 Å². The van der Waals surface area contributed by atoms with Gasteiger partial charge in [0.1, 0.15) is 18.3 Å². The molecule has 0 saturated heterocycles. The van der Waals surface area contributed by atoms with Crippen LogP contribution in [0, 0.1) is 0 Å². The van der Waals surface area contributed by atoms with E-state index in [9.17, 15) is 19.8 Å². The van der Waals surface area contributed by atoms with Crippen LogP contribution >= 0.6 is 0 Å². The Morgan fingerprint density at radius 2 is 2.04 bits per heavy atom. The average molecular weight is 349 g/mol. The number of amides is 1. The molecule has 24 heavy (non-hydrogen) atoms. The van der Waals surface area contributed by atoms with Gasteiger partial charge in [-0.3, -0.25) is 4.79 Å². The molecule has 0 aromatic rings. The fraction of sp³-hybridized carbons (Fsp3) is 0.714. The molecular weight excluding hydrogens is 326 g/mol. The van der Waals surface area contributed by atoms with Gasteiger partial charge >= 0.3 is 5.97 Å². The first-order chi connectivity index (χ1) is 11.3. The second-order valence-electron chi connectivity index (χ2n) is 5.21. The third-order valence-electron chi connectivity index (χ3n) is 3.38. The number of hydrogen-bond donors (Lipinski definition) is 5. The molecule has 1 rings (SSSR count). The van der Waals surface area contributed by atoms with Crippen LogP contribution in [-0.4, -0.2) is 89.7 Å². The molecule has 1 heterocycles. The number of hydrogen-bond acceptors (Lipinski definition) is 8. The zero-order valence-corrected chi connectivity index (χ0v) is 13.4. The van der Waals surface area contributed by atoms with Crippen LogP contribution in [0.1, 0.15) is 6.92 Å². The van der Waals surface area contributed by atoms with E-state index in [2.05, 4.69) is 5.32 Å². The Labute approximate surface area is 138 Å². The molecule has 10 heteroatoms. The molecule has 0 aliphatic carbocycles. The van der Waals surface area contributed by atoms with Crippen LogP contribution in [0.5, 0.6) is 0 Å². The van der Waals surface area contributed by atoms with Crippen LogP contribution in [0.3, 0.4) is 0 Å². The molecule has 1 aliphatic rings. The maximum Gasteiger partial charge on any atom is 0.370 e. The summed E-state index contributed by atoms with van der Waals surface area (Å²) >= 11 is 0. The third-order valence-corrected chi connectivity index (χ3v) is 3.38. The first kappa shape index (κ1) is 20.3. The first-order valence-corrected chi connectivity index (χ1v) is 7.28. The normalized spacial score (nSPS) is 26.0. The molecule has 0 aromatic heterocycles. The van der Waals surface area contributed by atoms with Crippen molar-refractivity contribution in [1.82, 2.24) is 5.32 Å². The van der Waals surface area contributed by atoms with Gasteiger partial charge in [0.25, 0.3) is 0 Å². The van der Waals surface area contributed by atoms with Crippen molar-refractivity contribution in [1.29, 1.82) is 0 Å². The van der Waals surface area contributed by atoms with Gasteiger partial charge in [-0.2, -0.15) is 0 Å². The lowest BCUT2D eigenvalue weighted by molar-refractivity contribution is -0.152. The molecule has 1 amide bonds. The standard InChI is InChI=1S/C14H23NO9/c1-7(17)15-11-9(23-4-3-22-2)5-10(14(20)21)24-13(11)12(19)8(18)6-16/h5,8-9,11-13,16,18-19H,3-4,6H2,1-2H3,(H,15,17)(H,20,21)/t8-,9+,11-,12-,13-/m1/s1. The van der Waals surface area contributed by atoms with E-state index in [0.29, 0.717) is 0 Å². The fourth-order valence-corrected chi connectivity index (χ4v) is 2.25. The van der Waals surface area contributed by atoms with Gasteiger partial charge in [0, 0.05) is 14.0 Å². The van der Waals surface area contributed by atoms with Crippen molar-refractivity contribution in [2.24, 2.45) is 0 Å². The van der Waals surface area contributed by atoms with E-state index in [4.69, 9.17) is 24.4 Å². The number of carboxylic acids is 1. The van der Waals surface area contributed by atoms with Crippen LogP contribution in [-0.2, 0) is 23.8 Å². The number of nitrogens with one attached hydrogen (secondary N) is 1. The van der Waals surface area contributed by atoms with Crippen LogP contribution in [0.15, 0.2) is 11.8 Å². The number of aliphatic hydroxyl groups is 3. The third kappa shape index (κ3) is 5.42. The maximum atomic E-state index is 11.4. The van der Waals surface area contributed by atoms with E-state index < -0.39 is 54.7 Å². The van der Waals surface area contributed by atoms with Gasteiger partial charge in [-0.25, -0.2) is 4.79 Å². The minimum atomic E-state index is -1.65. The number of carbonyl (C=O) groups excluding carboxylic acids is 1. The number of methoxy groups -OCH3 is 1. The molecule has 0 fully saturated rings. The molecule has 1 aliphatic heterocycles. The van der Waals surface area contributed by atoms with Crippen LogP contribution in [0.4, 0.5) is 0 Å². The molecule has 0 spiro atoms. The fourth-order valence-electron chi connectivity index (χ4n) is 2.25. The van der Waals surface area contributed by atoms with Gasteiger partial charge in [-0.1, -0.05) is 0 Å². The highest BCUT2D eigenvalue weighted by atomic mass is 16.5. The lowest BCUT2D eigenvalue weighted by Crippen LogP contribution is -2.60. The Balaban J connectivity index is 3.10.